The van der Waals surface area contributed by atoms with Gasteiger partial charge in [0.25, 0.3) is 0 Å². The minimum absolute atomic E-state index is 0.254. The lowest BCUT2D eigenvalue weighted by atomic mass is 10.2. The van der Waals surface area contributed by atoms with Crippen LogP contribution in [0.4, 0.5) is 13.2 Å². The molecule has 2 atom stereocenters. The van der Waals surface area contributed by atoms with Gasteiger partial charge in [0.1, 0.15) is 0 Å². The maximum atomic E-state index is 11.8. The summed E-state index contributed by atoms with van der Waals surface area (Å²) in [5.41, 5.74) is 0. The van der Waals surface area contributed by atoms with Crippen LogP contribution >= 0.6 is 0 Å². The number of hydrogen-bond donors (Lipinski definition) is 1. The van der Waals surface area contributed by atoms with E-state index in [1.165, 1.54) is 6.92 Å². The summed E-state index contributed by atoms with van der Waals surface area (Å²) in [6.07, 6.45) is -4.99. The number of nitrogens with one attached hydrogen (secondary N) is 1. The van der Waals surface area contributed by atoms with Crippen LogP contribution in [0.5, 0.6) is 0 Å². The summed E-state index contributed by atoms with van der Waals surface area (Å²) >= 11 is 0. The predicted molar refractivity (Wildman–Crippen MR) is 42.9 cm³/mol. The van der Waals surface area contributed by atoms with Crippen molar-refractivity contribution in [3.05, 3.63) is 0 Å². The van der Waals surface area contributed by atoms with E-state index in [2.05, 4.69) is 5.32 Å². The molecule has 0 saturated carbocycles. The van der Waals surface area contributed by atoms with E-state index >= 15 is 0 Å². The van der Waals surface area contributed by atoms with Gasteiger partial charge in [-0.25, -0.2) is 0 Å². The van der Waals surface area contributed by atoms with Crippen molar-refractivity contribution in [1.82, 2.24) is 5.32 Å². The smallest absolute Gasteiger partial charge is 0.313 e. The van der Waals surface area contributed by atoms with E-state index in [1.54, 1.807) is 6.92 Å². The molecular formula is C8H13F3N2. The second kappa shape index (κ2) is 5.07. The Morgan fingerprint density at radius 1 is 1.38 bits per heavy atom. The number of hydrogen-bond acceptors (Lipinski definition) is 2. The quantitative estimate of drug-likeness (QED) is 0.743. The molecule has 0 saturated heterocycles. The molecular weight excluding hydrogens is 181 g/mol. The standard InChI is InChI=1S/C8H13F3N2/c1-6(4-12)5-13-7(2)3-8(9,10)11/h6-7,13H,3,5H2,1-2H3. The largest absolute Gasteiger partial charge is 0.390 e. The molecule has 2 unspecified atom stereocenters. The fraction of sp³-hybridized carbons (Fsp3) is 0.875. The van der Waals surface area contributed by atoms with E-state index in [-0.39, 0.29) is 5.92 Å². The molecule has 0 aromatic rings. The molecule has 0 aromatic heterocycles. The monoisotopic (exact) mass is 194 g/mol. The first-order valence-electron chi connectivity index (χ1n) is 4.05. The number of nitriles is 1. The molecule has 5 heteroatoms. The Labute approximate surface area is 75.7 Å². The number of alkyl halides is 3. The molecule has 0 heterocycles. The highest BCUT2D eigenvalue weighted by Gasteiger charge is 2.29. The van der Waals surface area contributed by atoms with Crippen LogP contribution in [0.1, 0.15) is 20.3 Å². The van der Waals surface area contributed by atoms with Crippen molar-refractivity contribution in [2.24, 2.45) is 5.92 Å². The van der Waals surface area contributed by atoms with E-state index in [0.717, 1.165) is 0 Å². The second-order valence-electron chi connectivity index (χ2n) is 3.16. The number of rotatable bonds is 4. The molecule has 0 spiro atoms. The lowest BCUT2D eigenvalue weighted by Crippen LogP contribution is -2.33. The maximum absolute atomic E-state index is 11.8. The molecule has 13 heavy (non-hydrogen) atoms. The van der Waals surface area contributed by atoms with Crippen LogP contribution < -0.4 is 5.32 Å². The van der Waals surface area contributed by atoms with Crippen LogP contribution in [0.25, 0.3) is 0 Å². The van der Waals surface area contributed by atoms with Gasteiger partial charge in [-0.2, -0.15) is 18.4 Å². The van der Waals surface area contributed by atoms with Gasteiger partial charge in [-0.3, -0.25) is 0 Å². The van der Waals surface area contributed by atoms with Gasteiger partial charge in [-0.05, 0) is 13.8 Å². The average molecular weight is 194 g/mol. The Hall–Kier alpha value is -0.760. The first-order chi connectivity index (χ1) is 5.85. The number of nitrogens with zero attached hydrogens (tertiary/aromatic N) is 1. The van der Waals surface area contributed by atoms with Gasteiger partial charge in [-0.15, -0.1) is 0 Å². The van der Waals surface area contributed by atoms with E-state index < -0.39 is 18.6 Å². The minimum atomic E-state index is -4.14. The molecule has 0 rings (SSSR count). The van der Waals surface area contributed by atoms with Crippen molar-refractivity contribution in [2.45, 2.75) is 32.5 Å². The maximum Gasteiger partial charge on any atom is 0.390 e. The normalized spacial score (nSPS) is 16.3. The zero-order valence-corrected chi connectivity index (χ0v) is 7.65. The lowest BCUT2D eigenvalue weighted by Gasteiger charge is -2.16. The second-order valence-corrected chi connectivity index (χ2v) is 3.16. The zero-order chi connectivity index (χ0) is 10.5. The molecule has 2 nitrogen and oxygen atoms in total. The Bertz CT molecular complexity index is 183. The van der Waals surface area contributed by atoms with Crippen LogP contribution in [-0.4, -0.2) is 18.8 Å². The highest BCUT2D eigenvalue weighted by atomic mass is 19.4. The van der Waals surface area contributed by atoms with Gasteiger partial charge in [0, 0.05) is 12.6 Å². The van der Waals surface area contributed by atoms with Crippen molar-refractivity contribution in [3.8, 4) is 6.07 Å². The third-order valence-electron chi connectivity index (χ3n) is 1.53. The van der Waals surface area contributed by atoms with Gasteiger partial charge in [-0.1, -0.05) is 0 Å². The summed E-state index contributed by atoms with van der Waals surface area (Å²) in [6.45, 7) is 3.42. The van der Waals surface area contributed by atoms with Crippen LogP contribution in [0.15, 0.2) is 0 Å². The SMILES string of the molecule is CC(C#N)CNC(C)CC(F)(F)F. The van der Waals surface area contributed by atoms with Crippen molar-refractivity contribution >= 4 is 0 Å². The van der Waals surface area contributed by atoms with Gasteiger partial charge in [0.2, 0.25) is 0 Å². The summed E-state index contributed by atoms with van der Waals surface area (Å²) in [5, 5.41) is 11.0. The lowest BCUT2D eigenvalue weighted by molar-refractivity contribution is -0.139. The van der Waals surface area contributed by atoms with Gasteiger partial charge < -0.3 is 5.32 Å². The zero-order valence-electron chi connectivity index (χ0n) is 7.65. The van der Waals surface area contributed by atoms with Crippen molar-refractivity contribution in [1.29, 1.82) is 5.26 Å². The predicted octanol–water partition coefficient (Wildman–Crippen LogP) is 2.08. The summed E-state index contributed by atoms with van der Waals surface area (Å²) < 4.78 is 35.4. The molecule has 0 aliphatic heterocycles. The summed E-state index contributed by atoms with van der Waals surface area (Å²) in [7, 11) is 0. The van der Waals surface area contributed by atoms with E-state index in [9.17, 15) is 13.2 Å². The van der Waals surface area contributed by atoms with Gasteiger partial charge in [0.05, 0.1) is 18.4 Å². The van der Waals surface area contributed by atoms with E-state index in [0.29, 0.717) is 6.54 Å². The van der Waals surface area contributed by atoms with Crippen LogP contribution in [0, 0.1) is 17.2 Å². The number of halogens is 3. The highest BCUT2D eigenvalue weighted by Crippen LogP contribution is 2.21. The highest BCUT2D eigenvalue weighted by molar-refractivity contribution is 4.81. The average Bonchev–Trinajstić information content (AvgIpc) is 1.97. The van der Waals surface area contributed by atoms with Crippen LogP contribution in [0.3, 0.4) is 0 Å². The van der Waals surface area contributed by atoms with E-state index in [1.807, 2.05) is 6.07 Å². The summed E-state index contributed by atoms with van der Waals surface area (Å²) in [5.74, 6) is -0.254. The third-order valence-corrected chi connectivity index (χ3v) is 1.53. The molecule has 0 aliphatic carbocycles. The minimum Gasteiger partial charge on any atom is -0.313 e. The van der Waals surface area contributed by atoms with Crippen LogP contribution in [0.2, 0.25) is 0 Å². The Morgan fingerprint density at radius 2 is 1.92 bits per heavy atom. The fourth-order valence-corrected chi connectivity index (χ4v) is 0.843. The van der Waals surface area contributed by atoms with Crippen LogP contribution in [-0.2, 0) is 0 Å². The van der Waals surface area contributed by atoms with Crippen molar-refractivity contribution in [2.75, 3.05) is 6.54 Å². The van der Waals surface area contributed by atoms with Crippen molar-refractivity contribution < 1.29 is 13.2 Å². The molecule has 0 aromatic carbocycles. The molecule has 0 fully saturated rings. The first-order valence-corrected chi connectivity index (χ1v) is 4.05. The topological polar surface area (TPSA) is 35.8 Å². The molecule has 1 N–H and O–H groups in total. The molecule has 0 bridgehead atoms. The molecule has 76 valence electrons. The summed E-state index contributed by atoms with van der Waals surface area (Å²) in [6, 6.07) is 1.31. The first kappa shape index (κ1) is 12.2. The van der Waals surface area contributed by atoms with E-state index in [4.69, 9.17) is 5.26 Å². The third kappa shape index (κ3) is 7.60. The Morgan fingerprint density at radius 3 is 2.31 bits per heavy atom. The molecule has 0 radical (unpaired) electrons. The molecule has 0 aliphatic rings. The van der Waals surface area contributed by atoms with Gasteiger partial charge >= 0.3 is 6.18 Å². The van der Waals surface area contributed by atoms with Gasteiger partial charge in [0.15, 0.2) is 0 Å². The molecule has 0 amide bonds. The Balaban J connectivity index is 3.65. The van der Waals surface area contributed by atoms with Crippen molar-refractivity contribution in [3.63, 3.8) is 0 Å². The summed E-state index contributed by atoms with van der Waals surface area (Å²) in [4.78, 5) is 0. The fourth-order valence-electron chi connectivity index (χ4n) is 0.843. The Kier molecular flexibility index (Phi) is 4.78.